The monoisotopic (exact) mass is 320 g/mol. The molecule has 1 amide bonds. The van der Waals surface area contributed by atoms with E-state index < -0.39 is 0 Å². The van der Waals surface area contributed by atoms with Crippen LogP contribution in [0.25, 0.3) is 0 Å². The van der Waals surface area contributed by atoms with Gasteiger partial charge in [-0.25, -0.2) is 4.79 Å². The molecule has 1 aliphatic heterocycles. The first-order valence-electron chi connectivity index (χ1n) is 8.19. The number of nitrogens with one attached hydrogen (secondary N) is 2. The third kappa shape index (κ3) is 5.20. The Morgan fingerprint density at radius 2 is 2.00 bits per heavy atom. The first-order chi connectivity index (χ1) is 11.3. The number of hydrogen-bond acceptors (Lipinski definition) is 5. The maximum absolute atomic E-state index is 11.7. The van der Waals surface area contributed by atoms with Gasteiger partial charge in [-0.15, -0.1) is 0 Å². The second-order valence-electron chi connectivity index (χ2n) is 6.05. The van der Waals surface area contributed by atoms with Gasteiger partial charge in [-0.1, -0.05) is 30.3 Å². The van der Waals surface area contributed by atoms with E-state index in [9.17, 15) is 4.79 Å². The van der Waals surface area contributed by atoms with Crippen molar-refractivity contribution in [1.29, 1.82) is 0 Å². The van der Waals surface area contributed by atoms with Gasteiger partial charge in [-0.3, -0.25) is 0 Å². The summed E-state index contributed by atoms with van der Waals surface area (Å²) >= 11 is 0. The lowest BCUT2D eigenvalue weighted by Gasteiger charge is -2.37. The van der Waals surface area contributed by atoms with Gasteiger partial charge in [0.1, 0.15) is 6.61 Å². The molecule has 1 heterocycles. The van der Waals surface area contributed by atoms with Crippen molar-refractivity contribution in [3.05, 3.63) is 35.9 Å². The highest BCUT2D eigenvalue weighted by atomic mass is 16.6. The molecule has 3 rings (SSSR count). The van der Waals surface area contributed by atoms with Crippen LogP contribution in [0, 0.1) is 0 Å². The van der Waals surface area contributed by atoms with Crippen molar-refractivity contribution >= 4 is 6.09 Å². The summed E-state index contributed by atoms with van der Waals surface area (Å²) in [5, 5.41) is 6.35. The Kier molecular flexibility index (Phi) is 5.85. The Bertz CT molecular complexity index is 485. The number of hydrogen-bond donors (Lipinski definition) is 2. The molecule has 0 bridgehead atoms. The fourth-order valence-electron chi connectivity index (χ4n) is 2.79. The Labute approximate surface area is 136 Å². The van der Waals surface area contributed by atoms with Gasteiger partial charge >= 0.3 is 6.09 Å². The van der Waals surface area contributed by atoms with Gasteiger partial charge in [-0.05, 0) is 18.4 Å². The van der Waals surface area contributed by atoms with Gasteiger partial charge in [0.05, 0.1) is 25.9 Å². The molecule has 6 heteroatoms. The summed E-state index contributed by atoms with van der Waals surface area (Å²) in [6, 6.07) is 10.3. The molecule has 0 radical (unpaired) electrons. The second kappa shape index (κ2) is 8.29. The van der Waals surface area contributed by atoms with E-state index in [0.717, 1.165) is 24.9 Å². The van der Waals surface area contributed by atoms with Crippen LogP contribution >= 0.6 is 0 Å². The molecule has 2 fully saturated rings. The smallest absolute Gasteiger partial charge is 0.407 e. The average Bonchev–Trinajstić information content (AvgIpc) is 2.57. The zero-order chi connectivity index (χ0) is 15.9. The van der Waals surface area contributed by atoms with Crippen molar-refractivity contribution in [2.24, 2.45) is 0 Å². The maximum Gasteiger partial charge on any atom is 0.407 e. The number of carbonyl (C=O) groups excluding carboxylic acids is 1. The number of rotatable bonds is 6. The number of benzene rings is 1. The number of amides is 1. The van der Waals surface area contributed by atoms with E-state index >= 15 is 0 Å². The lowest BCUT2D eigenvalue weighted by atomic mass is 9.87. The molecule has 2 N–H and O–H groups in total. The number of alkyl carbamates (subject to hydrolysis) is 1. The molecule has 1 aromatic rings. The van der Waals surface area contributed by atoms with E-state index in [2.05, 4.69) is 10.6 Å². The van der Waals surface area contributed by atoms with E-state index in [0.29, 0.717) is 32.5 Å². The molecule has 1 aliphatic carbocycles. The summed E-state index contributed by atoms with van der Waals surface area (Å²) in [6.45, 7) is 3.13. The molecular weight excluding hydrogens is 296 g/mol. The SMILES string of the molecule is O=C(NC1CC(NCC2COCCO2)C1)OCc1ccccc1. The fraction of sp³-hybridized carbons (Fsp3) is 0.588. The molecule has 0 spiro atoms. The summed E-state index contributed by atoms with van der Waals surface area (Å²) in [5.74, 6) is 0. The highest BCUT2D eigenvalue weighted by Gasteiger charge is 2.31. The highest BCUT2D eigenvalue weighted by Crippen LogP contribution is 2.20. The largest absolute Gasteiger partial charge is 0.445 e. The number of carbonyl (C=O) groups is 1. The van der Waals surface area contributed by atoms with E-state index in [1.54, 1.807) is 0 Å². The molecule has 23 heavy (non-hydrogen) atoms. The average molecular weight is 320 g/mol. The molecule has 1 saturated carbocycles. The zero-order valence-electron chi connectivity index (χ0n) is 13.2. The first-order valence-corrected chi connectivity index (χ1v) is 8.19. The second-order valence-corrected chi connectivity index (χ2v) is 6.05. The summed E-state index contributed by atoms with van der Waals surface area (Å²) < 4.78 is 16.2. The Morgan fingerprint density at radius 1 is 1.17 bits per heavy atom. The third-order valence-corrected chi connectivity index (χ3v) is 4.19. The molecule has 1 aromatic carbocycles. The van der Waals surface area contributed by atoms with Crippen molar-refractivity contribution in [2.75, 3.05) is 26.4 Å². The summed E-state index contributed by atoms with van der Waals surface area (Å²) in [6.07, 6.45) is 1.65. The predicted molar refractivity (Wildman–Crippen MR) is 85.1 cm³/mol. The normalized spacial score (nSPS) is 27.0. The summed E-state index contributed by atoms with van der Waals surface area (Å²) in [7, 11) is 0. The first kappa shape index (κ1) is 16.2. The van der Waals surface area contributed by atoms with E-state index in [1.165, 1.54) is 0 Å². The molecule has 1 saturated heterocycles. The molecule has 0 aromatic heterocycles. The van der Waals surface area contributed by atoms with E-state index in [1.807, 2.05) is 30.3 Å². The molecular formula is C17H24N2O4. The Hall–Kier alpha value is -1.63. The Balaban J connectivity index is 1.25. The van der Waals surface area contributed by atoms with Crippen LogP contribution in [0.15, 0.2) is 30.3 Å². The van der Waals surface area contributed by atoms with Gasteiger partial charge in [0, 0.05) is 18.6 Å². The van der Waals surface area contributed by atoms with Gasteiger partial charge in [0.25, 0.3) is 0 Å². The molecule has 1 atom stereocenters. The topological polar surface area (TPSA) is 68.8 Å². The van der Waals surface area contributed by atoms with Gasteiger partial charge in [-0.2, -0.15) is 0 Å². The minimum atomic E-state index is -0.346. The van der Waals surface area contributed by atoms with Gasteiger partial charge in [0.2, 0.25) is 0 Å². The van der Waals surface area contributed by atoms with Crippen LogP contribution in [0.5, 0.6) is 0 Å². The predicted octanol–water partition coefficient (Wildman–Crippen LogP) is 1.45. The number of ether oxygens (including phenoxy) is 3. The van der Waals surface area contributed by atoms with Crippen LogP contribution in [0.4, 0.5) is 4.79 Å². The zero-order valence-corrected chi connectivity index (χ0v) is 13.2. The maximum atomic E-state index is 11.7. The molecule has 126 valence electrons. The Morgan fingerprint density at radius 3 is 2.74 bits per heavy atom. The van der Waals surface area contributed by atoms with Crippen molar-refractivity contribution in [1.82, 2.24) is 10.6 Å². The third-order valence-electron chi connectivity index (χ3n) is 4.19. The minimum Gasteiger partial charge on any atom is -0.445 e. The van der Waals surface area contributed by atoms with Crippen LogP contribution in [0.1, 0.15) is 18.4 Å². The van der Waals surface area contributed by atoms with E-state index in [-0.39, 0.29) is 18.2 Å². The quantitative estimate of drug-likeness (QED) is 0.830. The van der Waals surface area contributed by atoms with Crippen LogP contribution < -0.4 is 10.6 Å². The molecule has 1 unspecified atom stereocenters. The van der Waals surface area contributed by atoms with Crippen molar-refractivity contribution in [3.8, 4) is 0 Å². The van der Waals surface area contributed by atoms with E-state index in [4.69, 9.17) is 14.2 Å². The van der Waals surface area contributed by atoms with Crippen LogP contribution in [0.2, 0.25) is 0 Å². The minimum absolute atomic E-state index is 0.145. The van der Waals surface area contributed by atoms with Crippen LogP contribution in [-0.2, 0) is 20.8 Å². The lowest BCUT2D eigenvalue weighted by molar-refractivity contribution is -0.0878. The lowest BCUT2D eigenvalue weighted by Crippen LogP contribution is -2.54. The molecule has 2 aliphatic rings. The van der Waals surface area contributed by atoms with Crippen LogP contribution in [0.3, 0.4) is 0 Å². The fourth-order valence-corrected chi connectivity index (χ4v) is 2.79. The van der Waals surface area contributed by atoms with Crippen molar-refractivity contribution in [3.63, 3.8) is 0 Å². The van der Waals surface area contributed by atoms with Gasteiger partial charge in [0.15, 0.2) is 0 Å². The van der Waals surface area contributed by atoms with Crippen molar-refractivity contribution in [2.45, 2.75) is 37.6 Å². The summed E-state index contributed by atoms with van der Waals surface area (Å²) in [4.78, 5) is 11.7. The van der Waals surface area contributed by atoms with Crippen LogP contribution in [-0.4, -0.2) is 50.6 Å². The summed E-state index contributed by atoms with van der Waals surface area (Å²) in [5.41, 5.74) is 0.991. The van der Waals surface area contributed by atoms with Gasteiger partial charge < -0.3 is 24.8 Å². The standard InChI is InChI=1S/C17H24N2O4/c20-17(23-11-13-4-2-1-3-5-13)19-15-8-14(9-15)18-10-16-12-21-6-7-22-16/h1-5,14-16,18H,6-12H2,(H,19,20). The molecule has 6 nitrogen and oxygen atoms in total. The highest BCUT2D eigenvalue weighted by molar-refractivity contribution is 5.67. The van der Waals surface area contributed by atoms with Crippen molar-refractivity contribution < 1.29 is 19.0 Å².